The van der Waals surface area contributed by atoms with Gasteiger partial charge in [0.05, 0.1) is 0 Å². The van der Waals surface area contributed by atoms with E-state index in [-0.39, 0.29) is 6.10 Å². The number of nitrogens with two attached hydrogens (primary N) is 1. The van der Waals surface area contributed by atoms with E-state index in [1.165, 1.54) is 0 Å². The molecule has 1 aromatic carbocycles. The Bertz CT molecular complexity index is 324. The first-order valence-corrected chi connectivity index (χ1v) is 3.88. The van der Waals surface area contributed by atoms with Crippen LogP contribution in [0.3, 0.4) is 0 Å². The van der Waals surface area contributed by atoms with Gasteiger partial charge in [0.15, 0.2) is 0 Å². The molecule has 0 fully saturated rings. The van der Waals surface area contributed by atoms with Crippen LogP contribution in [0.25, 0.3) is 6.08 Å². The Labute approximate surface area is 75.3 Å². The third-order valence-corrected chi connectivity index (χ3v) is 1.94. The molecular formula is C9H9NO3. The van der Waals surface area contributed by atoms with E-state index >= 15 is 0 Å². The van der Waals surface area contributed by atoms with Crippen molar-refractivity contribution in [1.82, 2.24) is 0 Å². The molecule has 4 nitrogen and oxygen atoms in total. The molecule has 13 heavy (non-hydrogen) atoms. The lowest BCUT2D eigenvalue weighted by atomic mass is 10.1. The van der Waals surface area contributed by atoms with Crippen molar-refractivity contribution in [3.05, 3.63) is 41.5 Å². The van der Waals surface area contributed by atoms with Gasteiger partial charge in [0.25, 0.3) is 0 Å². The van der Waals surface area contributed by atoms with Gasteiger partial charge in [0.1, 0.15) is 6.10 Å². The van der Waals surface area contributed by atoms with Crippen LogP contribution in [-0.4, -0.2) is 0 Å². The van der Waals surface area contributed by atoms with Crippen molar-refractivity contribution < 1.29 is 14.9 Å². The molecule has 1 aromatic rings. The molecule has 0 aliphatic heterocycles. The number of hydrogen-bond donors (Lipinski definition) is 1. The van der Waals surface area contributed by atoms with Crippen molar-refractivity contribution in [3.8, 4) is 0 Å². The third kappa shape index (κ3) is 1.61. The topological polar surface area (TPSA) is 53.7 Å². The van der Waals surface area contributed by atoms with E-state index in [0.717, 1.165) is 11.1 Å². The van der Waals surface area contributed by atoms with E-state index in [9.17, 15) is 0 Å². The molecule has 2 N–H and O–H groups in total. The quantitative estimate of drug-likeness (QED) is 0.564. The average molecular weight is 179 g/mol. The molecule has 1 aliphatic carbocycles. The van der Waals surface area contributed by atoms with Gasteiger partial charge in [0, 0.05) is 0 Å². The summed E-state index contributed by atoms with van der Waals surface area (Å²) in [5, 5.41) is 4.20. The molecule has 4 heteroatoms. The fourth-order valence-corrected chi connectivity index (χ4v) is 1.37. The van der Waals surface area contributed by atoms with Crippen molar-refractivity contribution in [1.29, 1.82) is 0 Å². The minimum absolute atomic E-state index is 0.236. The fraction of sp³-hybridized carbons (Fsp3) is 0.111. The highest BCUT2D eigenvalue weighted by molar-refractivity contribution is 5.61. The number of rotatable bonds is 3. The molecular weight excluding hydrogens is 170 g/mol. The SMILES string of the molecule is NOOOC1C=Cc2ccccc21. The van der Waals surface area contributed by atoms with E-state index in [2.05, 4.69) is 15.9 Å². The van der Waals surface area contributed by atoms with Crippen molar-refractivity contribution in [2.75, 3.05) is 0 Å². The Hall–Kier alpha value is -1.20. The van der Waals surface area contributed by atoms with Gasteiger partial charge >= 0.3 is 0 Å². The third-order valence-electron chi connectivity index (χ3n) is 1.94. The molecule has 2 rings (SSSR count). The van der Waals surface area contributed by atoms with Crippen molar-refractivity contribution in [2.45, 2.75) is 6.10 Å². The molecule has 0 bridgehead atoms. The lowest BCUT2D eigenvalue weighted by molar-refractivity contribution is -0.527. The van der Waals surface area contributed by atoms with E-state index in [1.807, 2.05) is 36.4 Å². The van der Waals surface area contributed by atoms with Crippen LogP contribution >= 0.6 is 0 Å². The second kappa shape index (κ2) is 3.68. The summed E-state index contributed by atoms with van der Waals surface area (Å²) in [4.78, 5) is 8.71. The maximum absolute atomic E-state index is 4.84. The zero-order chi connectivity index (χ0) is 9.10. The standard InChI is InChI=1S/C9H9NO3/c10-12-13-11-9-6-5-7-3-1-2-4-8(7)9/h1-6,9H,10H2. The van der Waals surface area contributed by atoms with Crippen LogP contribution < -0.4 is 5.90 Å². The van der Waals surface area contributed by atoms with Gasteiger partial charge in [-0.05, 0) is 22.2 Å². The van der Waals surface area contributed by atoms with Crippen LogP contribution in [0.4, 0.5) is 0 Å². The first-order valence-electron chi connectivity index (χ1n) is 3.88. The number of fused-ring (bicyclic) bond motifs is 1. The Morgan fingerprint density at radius 1 is 1.23 bits per heavy atom. The summed E-state index contributed by atoms with van der Waals surface area (Å²) in [6, 6.07) is 7.86. The summed E-state index contributed by atoms with van der Waals surface area (Å²) in [6.07, 6.45) is 3.59. The van der Waals surface area contributed by atoms with Crippen LogP contribution in [0.2, 0.25) is 0 Å². The molecule has 1 unspecified atom stereocenters. The van der Waals surface area contributed by atoms with Crippen molar-refractivity contribution >= 4 is 6.08 Å². The van der Waals surface area contributed by atoms with E-state index in [1.54, 1.807) is 0 Å². The Kier molecular flexibility index (Phi) is 2.37. The predicted octanol–water partition coefficient (Wildman–Crippen LogP) is 1.51. The van der Waals surface area contributed by atoms with Crippen molar-refractivity contribution in [3.63, 3.8) is 0 Å². The lowest BCUT2D eigenvalue weighted by Gasteiger charge is -2.07. The molecule has 0 aromatic heterocycles. The first kappa shape index (κ1) is 8.40. The zero-order valence-corrected chi connectivity index (χ0v) is 6.84. The Balaban J connectivity index is 2.14. The molecule has 1 aliphatic rings. The molecule has 0 amide bonds. The highest BCUT2D eigenvalue weighted by atomic mass is 17.5. The smallest absolute Gasteiger partial charge is 0.140 e. The maximum atomic E-state index is 4.84. The van der Waals surface area contributed by atoms with Gasteiger partial charge in [-0.15, -0.1) is 4.99 Å². The Morgan fingerprint density at radius 2 is 2.08 bits per heavy atom. The van der Waals surface area contributed by atoms with Gasteiger partial charge in [-0.3, -0.25) is 0 Å². The number of hydrogen-bond acceptors (Lipinski definition) is 4. The lowest BCUT2D eigenvalue weighted by Crippen LogP contribution is -2.05. The van der Waals surface area contributed by atoms with Gasteiger partial charge in [-0.1, -0.05) is 30.3 Å². The molecule has 0 radical (unpaired) electrons. The van der Waals surface area contributed by atoms with Crippen LogP contribution in [0, 0.1) is 0 Å². The van der Waals surface area contributed by atoms with Gasteiger partial charge in [-0.2, -0.15) is 10.8 Å². The normalized spacial score (nSPS) is 19.0. The summed E-state index contributed by atoms with van der Waals surface area (Å²) in [5.74, 6) is 4.66. The summed E-state index contributed by atoms with van der Waals surface area (Å²) in [6.45, 7) is 0. The van der Waals surface area contributed by atoms with E-state index < -0.39 is 0 Å². The number of benzene rings is 1. The van der Waals surface area contributed by atoms with Crippen LogP contribution in [0.1, 0.15) is 17.2 Å². The molecule has 0 heterocycles. The minimum atomic E-state index is -0.236. The monoisotopic (exact) mass is 179 g/mol. The van der Waals surface area contributed by atoms with Gasteiger partial charge < -0.3 is 0 Å². The van der Waals surface area contributed by atoms with Gasteiger partial charge in [0.2, 0.25) is 0 Å². The average Bonchev–Trinajstić information content (AvgIpc) is 2.58. The largest absolute Gasteiger partial charge is 0.192 e. The van der Waals surface area contributed by atoms with Gasteiger partial charge in [-0.25, -0.2) is 0 Å². The molecule has 68 valence electrons. The summed E-state index contributed by atoms with van der Waals surface area (Å²) in [5.41, 5.74) is 2.16. The van der Waals surface area contributed by atoms with Crippen LogP contribution in [0.15, 0.2) is 30.3 Å². The highest BCUT2D eigenvalue weighted by Gasteiger charge is 2.18. The second-order valence-electron chi connectivity index (χ2n) is 2.67. The van der Waals surface area contributed by atoms with E-state index in [0.29, 0.717) is 0 Å². The second-order valence-corrected chi connectivity index (χ2v) is 2.67. The van der Waals surface area contributed by atoms with Crippen LogP contribution in [0.5, 0.6) is 0 Å². The van der Waals surface area contributed by atoms with E-state index in [4.69, 9.17) is 4.89 Å². The summed E-state index contributed by atoms with van der Waals surface area (Å²) < 4.78 is 0. The predicted molar refractivity (Wildman–Crippen MR) is 45.7 cm³/mol. The fourth-order valence-electron chi connectivity index (χ4n) is 1.37. The molecule has 0 saturated heterocycles. The van der Waals surface area contributed by atoms with Crippen molar-refractivity contribution in [2.24, 2.45) is 5.90 Å². The first-order chi connectivity index (χ1) is 6.42. The molecule has 0 saturated carbocycles. The zero-order valence-electron chi connectivity index (χ0n) is 6.84. The molecule has 0 spiro atoms. The summed E-state index contributed by atoms with van der Waals surface area (Å²) >= 11 is 0. The minimum Gasteiger partial charge on any atom is -0.192 e. The highest BCUT2D eigenvalue weighted by Crippen LogP contribution is 2.30. The van der Waals surface area contributed by atoms with Crippen LogP contribution in [-0.2, 0) is 14.9 Å². The summed E-state index contributed by atoms with van der Waals surface area (Å²) in [7, 11) is 0. The molecule has 1 atom stereocenters. The maximum Gasteiger partial charge on any atom is 0.140 e. The Morgan fingerprint density at radius 3 is 2.92 bits per heavy atom.